The number of nitrogens with two attached hydrogens (primary N) is 1. The van der Waals surface area contributed by atoms with E-state index in [0.29, 0.717) is 13.0 Å². The van der Waals surface area contributed by atoms with Gasteiger partial charge in [-0.15, -0.1) is 0 Å². The summed E-state index contributed by atoms with van der Waals surface area (Å²) in [6.45, 7) is 7.96. The van der Waals surface area contributed by atoms with Crippen molar-refractivity contribution in [1.82, 2.24) is 4.90 Å². The molecule has 0 fully saturated rings. The van der Waals surface area contributed by atoms with Crippen molar-refractivity contribution in [3.63, 3.8) is 0 Å². The number of ether oxygens (including phenoxy) is 1. The molecule has 0 rings (SSSR count). The maximum Gasteiger partial charge on any atom is 0.323 e. The SMILES string of the molecule is CC(C)OCCN(C)CCCC(C)(N)C(=O)O. The molecule has 0 aliphatic rings. The van der Waals surface area contributed by atoms with E-state index >= 15 is 0 Å². The smallest absolute Gasteiger partial charge is 0.323 e. The Morgan fingerprint density at radius 3 is 2.53 bits per heavy atom. The van der Waals surface area contributed by atoms with E-state index in [9.17, 15) is 4.79 Å². The zero-order chi connectivity index (χ0) is 13.5. The number of hydrogen-bond acceptors (Lipinski definition) is 4. The average Bonchev–Trinajstić information content (AvgIpc) is 2.16. The first kappa shape index (κ1) is 16.4. The topological polar surface area (TPSA) is 75.8 Å². The van der Waals surface area contributed by atoms with E-state index in [-0.39, 0.29) is 6.10 Å². The fourth-order valence-corrected chi connectivity index (χ4v) is 1.38. The Balaban J connectivity index is 3.64. The molecule has 0 spiro atoms. The second-order valence-electron chi connectivity index (χ2n) is 5.05. The standard InChI is InChI=1S/C12H26N2O3/c1-10(2)17-9-8-14(4)7-5-6-12(3,13)11(15)16/h10H,5-9,13H2,1-4H3,(H,15,16). The molecule has 3 N–H and O–H groups in total. The molecule has 0 saturated carbocycles. The fourth-order valence-electron chi connectivity index (χ4n) is 1.38. The molecule has 1 unspecified atom stereocenters. The van der Waals surface area contributed by atoms with Crippen molar-refractivity contribution in [2.75, 3.05) is 26.7 Å². The van der Waals surface area contributed by atoms with Crippen molar-refractivity contribution >= 4 is 5.97 Å². The Bertz CT molecular complexity index is 230. The monoisotopic (exact) mass is 246 g/mol. The minimum Gasteiger partial charge on any atom is -0.480 e. The second kappa shape index (κ2) is 7.63. The molecule has 0 amide bonds. The number of carboxylic acids is 1. The Labute approximate surface area is 104 Å². The van der Waals surface area contributed by atoms with E-state index in [1.54, 1.807) is 6.92 Å². The largest absolute Gasteiger partial charge is 0.480 e. The highest BCUT2D eigenvalue weighted by molar-refractivity contribution is 5.77. The van der Waals surface area contributed by atoms with Crippen molar-refractivity contribution in [3.8, 4) is 0 Å². The molecule has 5 nitrogen and oxygen atoms in total. The zero-order valence-electron chi connectivity index (χ0n) is 11.4. The Morgan fingerprint density at radius 1 is 1.47 bits per heavy atom. The average molecular weight is 246 g/mol. The van der Waals surface area contributed by atoms with Crippen molar-refractivity contribution in [2.24, 2.45) is 5.73 Å². The van der Waals surface area contributed by atoms with Gasteiger partial charge in [-0.3, -0.25) is 4.79 Å². The second-order valence-corrected chi connectivity index (χ2v) is 5.05. The van der Waals surface area contributed by atoms with E-state index in [1.807, 2.05) is 20.9 Å². The van der Waals surface area contributed by atoms with Gasteiger partial charge in [-0.05, 0) is 47.2 Å². The molecule has 0 bridgehead atoms. The van der Waals surface area contributed by atoms with Crippen LogP contribution in [-0.4, -0.2) is 54.4 Å². The lowest BCUT2D eigenvalue weighted by molar-refractivity contribution is -0.142. The molecule has 0 aromatic rings. The number of hydrogen-bond donors (Lipinski definition) is 2. The van der Waals surface area contributed by atoms with Gasteiger partial charge in [0, 0.05) is 6.54 Å². The van der Waals surface area contributed by atoms with Crippen LogP contribution in [-0.2, 0) is 9.53 Å². The van der Waals surface area contributed by atoms with E-state index in [1.165, 1.54) is 0 Å². The molecule has 17 heavy (non-hydrogen) atoms. The molecule has 102 valence electrons. The van der Waals surface area contributed by atoms with Gasteiger partial charge in [0.05, 0.1) is 12.7 Å². The minimum absolute atomic E-state index is 0.253. The Hall–Kier alpha value is -0.650. The summed E-state index contributed by atoms with van der Waals surface area (Å²) in [5, 5.41) is 8.85. The summed E-state index contributed by atoms with van der Waals surface area (Å²) in [5.41, 5.74) is 4.53. The van der Waals surface area contributed by atoms with E-state index in [2.05, 4.69) is 4.90 Å². The molecule has 0 aromatic heterocycles. The van der Waals surface area contributed by atoms with Gasteiger partial charge in [-0.1, -0.05) is 0 Å². The van der Waals surface area contributed by atoms with Gasteiger partial charge in [0.2, 0.25) is 0 Å². The number of carboxylic acid groups (broad SMARTS) is 1. The molecule has 5 heteroatoms. The quantitative estimate of drug-likeness (QED) is 0.633. The third-order valence-electron chi connectivity index (χ3n) is 2.65. The molecular weight excluding hydrogens is 220 g/mol. The third-order valence-corrected chi connectivity index (χ3v) is 2.65. The lowest BCUT2D eigenvalue weighted by atomic mass is 9.97. The molecule has 0 aliphatic heterocycles. The predicted molar refractivity (Wildman–Crippen MR) is 68.0 cm³/mol. The molecule has 1 atom stereocenters. The summed E-state index contributed by atoms with van der Waals surface area (Å²) >= 11 is 0. The number of aliphatic carboxylic acids is 1. The van der Waals surface area contributed by atoms with Crippen LogP contribution in [0, 0.1) is 0 Å². The van der Waals surface area contributed by atoms with Gasteiger partial charge in [0.25, 0.3) is 0 Å². The van der Waals surface area contributed by atoms with Crippen LogP contribution < -0.4 is 5.73 Å². The van der Waals surface area contributed by atoms with Crippen molar-refractivity contribution < 1.29 is 14.6 Å². The van der Waals surface area contributed by atoms with Gasteiger partial charge >= 0.3 is 5.97 Å². The van der Waals surface area contributed by atoms with Crippen LogP contribution >= 0.6 is 0 Å². The third kappa shape index (κ3) is 8.12. The molecule has 0 radical (unpaired) electrons. The molecular formula is C12H26N2O3. The van der Waals surface area contributed by atoms with Crippen molar-refractivity contribution in [3.05, 3.63) is 0 Å². The van der Waals surface area contributed by atoms with E-state index < -0.39 is 11.5 Å². The van der Waals surface area contributed by atoms with Crippen LogP contribution in [0.4, 0.5) is 0 Å². The highest BCUT2D eigenvalue weighted by atomic mass is 16.5. The Kier molecular flexibility index (Phi) is 7.34. The lowest BCUT2D eigenvalue weighted by Gasteiger charge is -2.22. The first-order valence-electron chi connectivity index (χ1n) is 6.08. The number of nitrogens with zero attached hydrogens (tertiary/aromatic N) is 1. The fraction of sp³-hybridized carbons (Fsp3) is 0.917. The highest BCUT2D eigenvalue weighted by Gasteiger charge is 2.26. The summed E-state index contributed by atoms with van der Waals surface area (Å²) in [7, 11) is 2.00. The zero-order valence-corrected chi connectivity index (χ0v) is 11.4. The molecule has 0 heterocycles. The Morgan fingerprint density at radius 2 is 2.06 bits per heavy atom. The van der Waals surface area contributed by atoms with E-state index in [4.69, 9.17) is 15.6 Å². The summed E-state index contributed by atoms with van der Waals surface area (Å²) in [4.78, 5) is 12.9. The number of likely N-dealkylation sites (N-methyl/N-ethyl adjacent to an activating group) is 1. The highest BCUT2D eigenvalue weighted by Crippen LogP contribution is 2.09. The van der Waals surface area contributed by atoms with Crippen LogP contribution in [0.2, 0.25) is 0 Å². The maximum atomic E-state index is 10.8. The number of carbonyl (C=O) groups is 1. The lowest BCUT2D eigenvalue weighted by Crippen LogP contribution is -2.45. The van der Waals surface area contributed by atoms with Crippen LogP contribution in [0.25, 0.3) is 0 Å². The minimum atomic E-state index is -1.12. The van der Waals surface area contributed by atoms with Crippen LogP contribution in [0.1, 0.15) is 33.6 Å². The first-order chi connectivity index (χ1) is 7.75. The summed E-state index contributed by atoms with van der Waals surface area (Å²) in [6.07, 6.45) is 1.51. The summed E-state index contributed by atoms with van der Waals surface area (Å²) < 4.78 is 5.44. The van der Waals surface area contributed by atoms with Crippen LogP contribution in [0.15, 0.2) is 0 Å². The van der Waals surface area contributed by atoms with Gasteiger partial charge in [0.15, 0.2) is 0 Å². The van der Waals surface area contributed by atoms with Crippen LogP contribution in [0.5, 0.6) is 0 Å². The van der Waals surface area contributed by atoms with Crippen molar-refractivity contribution in [1.29, 1.82) is 0 Å². The normalized spacial score (nSPS) is 15.2. The molecule has 0 aliphatic carbocycles. The number of rotatable bonds is 9. The van der Waals surface area contributed by atoms with Crippen molar-refractivity contribution in [2.45, 2.75) is 45.3 Å². The van der Waals surface area contributed by atoms with Gasteiger partial charge in [-0.25, -0.2) is 0 Å². The predicted octanol–water partition coefficient (Wildman–Crippen LogP) is 0.925. The summed E-state index contributed by atoms with van der Waals surface area (Å²) in [6, 6.07) is 0. The van der Waals surface area contributed by atoms with Gasteiger partial charge < -0.3 is 20.5 Å². The molecule has 0 saturated heterocycles. The van der Waals surface area contributed by atoms with Gasteiger partial charge in [-0.2, -0.15) is 0 Å². The van der Waals surface area contributed by atoms with Gasteiger partial charge in [0.1, 0.15) is 5.54 Å². The van der Waals surface area contributed by atoms with Crippen LogP contribution in [0.3, 0.4) is 0 Å². The first-order valence-corrected chi connectivity index (χ1v) is 6.08. The molecule has 0 aromatic carbocycles. The maximum absolute atomic E-state index is 10.8. The summed E-state index contributed by atoms with van der Waals surface area (Å²) in [5.74, 6) is -0.941. The van der Waals surface area contributed by atoms with E-state index in [0.717, 1.165) is 19.5 Å².